The lowest BCUT2D eigenvalue weighted by molar-refractivity contribution is 0.351. The molecule has 1 aromatic rings. The molecule has 0 fully saturated rings. The quantitative estimate of drug-likeness (QED) is 0.810. The van der Waals surface area contributed by atoms with E-state index in [1.807, 2.05) is 0 Å². The first-order chi connectivity index (χ1) is 6.61. The van der Waals surface area contributed by atoms with Crippen LogP contribution in [-0.2, 0) is 0 Å². The highest BCUT2D eigenvalue weighted by atomic mass is 35.5. The van der Waals surface area contributed by atoms with Crippen LogP contribution in [0.1, 0.15) is 0 Å². The number of ether oxygens (including phenoxy) is 1. The molecule has 0 radical (unpaired) electrons. The molecule has 0 spiro atoms. The van der Waals surface area contributed by atoms with E-state index < -0.39 is 0 Å². The molecule has 2 nitrogen and oxygen atoms in total. The molecule has 14 heavy (non-hydrogen) atoms. The Labute approximate surface area is 93.3 Å². The van der Waals surface area contributed by atoms with Crippen LogP contribution in [0.2, 0.25) is 10.0 Å². The lowest BCUT2D eigenvalue weighted by Crippen LogP contribution is -2.09. The topological polar surface area (TPSA) is 35.2 Å². The third-order valence-corrected chi connectivity index (χ3v) is 2.00. The van der Waals surface area contributed by atoms with Crippen LogP contribution in [0.25, 0.3) is 0 Å². The maximum atomic E-state index is 5.79. The van der Waals surface area contributed by atoms with Gasteiger partial charge < -0.3 is 10.5 Å². The number of benzene rings is 1. The van der Waals surface area contributed by atoms with Crippen molar-refractivity contribution in [2.75, 3.05) is 13.2 Å². The van der Waals surface area contributed by atoms with Crippen LogP contribution in [0.5, 0.6) is 5.75 Å². The number of nitrogens with two attached hydrogens (primary N) is 1. The summed E-state index contributed by atoms with van der Waals surface area (Å²) in [6.45, 7) is 4.51. The van der Waals surface area contributed by atoms with E-state index >= 15 is 0 Å². The molecule has 0 atom stereocenters. The molecule has 0 aromatic heterocycles. The zero-order valence-electron chi connectivity index (χ0n) is 7.59. The molecule has 0 heterocycles. The van der Waals surface area contributed by atoms with Crippen LogP contribution in [-0.4, -0.2) is 13.2 Å². The van der Waals surface area contributed by atoms with E-state index in [4.69, 9.17) is 33.7 Å². The summed E-state index contributed by atoms with van der Waals surface area (Å²) in [4.78, 5) is 0. The Balaban J connectivity index is 2.63. The largest absolute Gasteiger partial charge is 0.489 e. The first-order valence-corrected chi connectivity index (χ1v) is 4.83. The maximum Gasteiger partial charge on any atom is 0.122 e. The molecule has 0 unspecified atom stereocenters. The second-order valence-corrected chi connectivity index (χ2v) is 3.72. The van der Waals surface area contributed by atoms with Gasteiger partial charge in [0.2, 0.25) is 0 Å². The molecular weight excluding hydrogens is 221 g/mol. The minimum absolute atomic E-state index is 0.382. The highest BCUT2D eigenvalue weighted by Gasteiger charge is 1.99. The Hall–Kier alpha value is -0.700. The van der Waals surface area contributed by atoms with Crippen molar-refractivity contribution in [2.45, 2.75) is 0 Å². The van der Waals surface area contributed by atoms with E-state index in [9.17, 15) is 0 Å². The molecule has 4 heteroatoms. The molecule has 0 bridgehead atoms. The van der Waals surface area contributed by atoms with Crippen molar-refractivity contribution in [1.29, 1.82) is 0 Å². The summed E-state index contributed by atoms with van der Waals surface area (Å²) in [5.74, 6) is 0.622. The fourth-order valence-electron chi connectivity index (χ4n) is 0.856. The molecule has 0 amide bonds. The van der Waals surface area contributed by atoms with Crippen molar-refractivity contribution in [1.82, 2.24) is 0 Å². The fourth-order valence-corrected chi connectivity index (χ4v) is 1.36. The van der Waals surface area contributed by atoms with Gasteiger partial charge in [0.15, 0.2) is 0 Å². The van der Waals surface area contributed by atoms with Gasteiger partial charge in [-0.3, -0.25) is 0 Å². The van der Waals surface area contributed by atoms with Gasteiger partial charge in [0.1, 0.15) is 12.4 Å². The smallest absolute Gasteiger partial charge is 0.122 e. The van der Waals surface area contributed by atoms with Crippen molar-refractivity contribution >= 4 is 23.2 Å². The van der Waals surface area contributed by atoms with Crippen LogP contribution in [0.15, 0.2) is 30.4 Å². The average molecular weight is 232 g/mol. The predicted molar refractivity (Wildman–Crippen MR) is 60.2 cm³/mol. The van der Waals surface area contributed by atoms with Gasteiger partial charge in [-0.25, -0.2) is 0 Å². The van der Waals surface area contributed by atoms with Gasteiger partial charge in [-0.2, -0.15) is 0 Å². The number of rotatable bonds is 4. The summed E-state index contributed by atoms with van der Waals surface area (Å²) in [5.41, 5.74) is 6.18. The molecular formula is C10H11Cl2NO. The summed E-state index contributed by atoms with van der Waals surface area (Å²) in [6.07, 6.45) is 0. The monoisotopic (exact) mass is 231 g/mol. The van der Waals surface area contributed by atoms with Crippen LogP contribution >= 0.6 is 23.2 Å². The Morgan fingerprint density at radius 2 is 1.86 bits per heavy atom. The predicted octanol–water partition coefficient (Wildman–Crippen LogP) is 2.89. The maximum absolute atomic E-state index is 5.79. The van der Waals surface area contributed by atoms with Crippen molar-refractivity contribution in [2.24, 2.45) is 5.73 Å². The second kappa shape index (κ2) is 5.25. The molecule has 76 valence electrons. The van der Waals surface area contributed by atoms with Crippen molar-refractivity contribution < 1.29 is 4.74 Å². The number of hydrogen-bond acceptors (Lipinski definition) is 2. The Kier molecular flexibility index (Phi) is 4.26. The summed E-state index contributed by atoms with van der Waals surface area (Å²) in [7, 11) is 0. The third kappa shape index (κ3) is 3.58. The van der Waals surface area contributed by atoms with Crippen molar-refractivity contribution in [3.63, 3.8) is 0 Å². The van der Waals surface area contributed by atoms with Gasteiger partial charge in [-0.1, -0.05) is 29.8 Å². The van der Waals surface area contributed by atoms with Gasteiger partial charge in [0.05, 0.1) is 0 Å². The van der Waals surface area contributed by atoms with Gasteiger partial charge >= 0.3 is 0 Å². The van der Waals surface area contributed by atoms with Gasteiger partial charge in [0, 0.05) is 16.6 Å². The molecule has 1 rings (SSSR count). The highest BCUT2D eigenvalue weighted by Crippen LogP contribution is 2.24. The highest BCUT2D eigenvalue weighted by molar-refractivity contribution is 6.34. The zero-order valence-corrected chi connectivity index (χ0v) is 9.11. The minimum atomic E-state index is 0.382. The number of halogens is 2. The standard InChI is InChI=1S/C10H11Cl2NO/c1-7(5-13)6-14-10-3-8(11)2-9(12)4-10/h2-4H,1,5-6,13H2. The van der Waals surface area contributed by atoms with E-state index in [1.54, 1.807) is 18.2 Å². The van der Waals surface area contributed by atoms with Crippen LogP contribution in [0.4, 0.5) is 0 Å². The first-order valence-electron chi connectivity index (χ1n) is 4.07. The molecule has 0 saturated carbocycles. The van der Waals surface area contributed by atoms with Crippen LogP contribution < -0.4 is 10.5 Å². The molecule has 0 saturated heterocycles. The average Bonchev–Trinajstić information content (AvgIpc) is 2.12. The summed E-state index contributed by atoms with van der Waals surface area (Å²) >= 11 is 11.6. The van der Waals surface area contributed by atoms with E-state index in [2.05, 4.69) is 6.58 Å². The van der Waals surface area contributed by atoms with Gasteiger partial charge in [-0.05, 0) is 23.8 Å². The Morgan fingerprint density at radius 1 is 1.29 bits per heavy atom. The van der Waals surface area contributed by atoms with Gasteiger partial charge in [0.25, 0.3) is 0 Å². The van der Waals surface area contributed by atoms with E-state index in [-0.39, 0.29) is 0 Å². The van der Waals surface area contributed by atoms with Crippen molar-refractivity contribution in [3.05, 3.63) is 40.4 Å². The second-order valence-electron chi connectivity index (χ2n) is 2.85. The first kappa shape index (κ1) is 11.4. The van der Waals surface area contributed by atoms with E-state index in [0.29, 0.717) is 28.9 Å². The van der Waals surface area contributed by atoms with Gasteiger partial charge in [-0.15, -0.1) is 0 Å². The lowest BCUT2D eigenvalue weighted by Gasteiger charge is -2.07. The lowest BCUT2D eigenvalue weighted by atomic mass is 10.3. The minimum Gasteiger partial charge on any atom is -0.489 e. The van der Waals surface area contributed by atoms with Crippen LogP contribution in [0, 0.1) is 0 Å². The van der Waals surface area contributed by atoms with E-state index in [0.717, 1.165) is 5.57 Å². The zero-order chi connectivity index (χ0) is 10.6. The Bertz CT molecular complexity index is 319. The normalized spacial score (nSPS) is 9.93. The third-order valence-electron chi connectivity index (χ3n) is 1.57. The summed E-state index contributed by atoms with van der Waals surface area (Å²) in [5, 5.41) is 1.09. The van der Waals surface area contributed by atoms with E-state index in [1.165, 1.54) is 0 Å². The Morgan fingerprint density at radius 3 is 2.36 bits per heavy atom. The fraction of sp³-hybridized carbons (Fsp3) is 0.200. The SMILES string of the molecule is C=C(CN)COc1cc(Cl)cc(Cl)c1. The van der Waals surface area contributed by atoms with Crippen LogP contribution in [0.3, 0.4) is 0 Å². The molecule has 1 aromatic carbocycles. The number of hydrogen-bond donors (Lipinski definition) is 1. The summed E-state index contributed by atoms with van der Waals surface area (Å²) in [6, 6.07) is 5.03. The molecule has 0 aliphatic rings. The molecule has 0 aliphatic carbocycles. The molecule has 2 N–H and O–H groups in total. The summed E-state index contributed by atoms with van der Waals surface area (Å²) < 4.78 is 5.37. The van der Waals surface area contributed by atoms with Crippen molar-refractivity contribution in [3.8, 4) is 5.75 Å². The molecule has 0 aliphatic heterocycles.